The molecule has 0 aliphatic heterocycles. The van der Waals surface area contributed by atoms with Crippen LogP contribution in [0.1, 0.15) is 39.0 Å². The number of nitrogens with one attached hydrogen (secondary N) is 1. The minimum Gasteiger partial charge on any atom is -0.318 e. The zero-order valence-corrected chi connectivity index (χ0v) is 7.06. The van der Waals surface area contributed by atoms with Gasteiger partial charge < -0.3 is 5.32 Å². The van der Waals surface area contributed by atoms with E-state index in [9.17, 15) is 9.90 Å². The first-order chi connectivity index (χ1) is 5.27. The van der Waals surface area contributed by atoms with Crippen molar-refractivity contribution in [3.8, 4) is 0 Å². The van der Waals surface area contributed by atoms with Gasteiger partial charge in [-0.1, -0.05) is 32.6 Å². The van der Waals surface area contributed by atoms with Crippen molar-refractivity contribution < 1.29 is 9.90 Å². The third-order valence-corrected chi connectivity index (χ3v) is 1.55. The van der Waals surface area contributed by atoms with E-state index >= 15 is 0 Å². The summed E-state index contributed by atoms with van der Waals surface area (Å²) in [6, 6.07) is 0. The van der Waals surface area contributed by atoms with Crippen LogP contribution in [0.15, 0.2) is 0 Å². The van der Waals surface area contributed by atoms with Crippen LogP contribution in [0.2, 0.25) is 0 Å². The zero-order chi connectivity index (χ0) is 8.53. The van der Waals surface area contributed by atoms with Gasteiger partial charge in [0.1, 0.15) is 0 Å². The van der Waals surface area contributed by atoms with Gasteiger partial charge >= 0.3 is 6.09 Å². The first kappa shape index (κ1) is 10.3. The molecule has 0 heterocycles. The standard InChI is InChI=1S/C8H16NO2/c1-2-3-4-5-6-7-9-8(10)11/h9H,2-7H2,1H3. The third-order valence-electron chi connectivity index (χ3n) is 1.55. The molecule has 0 spiro atoms. The summed E-state index contributed by atoms with van der Waals surface area (Å²) in [6.45, 7) is 2.69. The molecular formula is C8H16NO2. The van der Waals surface area contributed by atoms with Gasteiger partial charge in [0.2, 0.25) is 0 Å². The average molecular weight is 158 g/mol. The Morgan fingerprint density at radius 3 is 2.36 bits per heavy atom. The first-order valence-electron chi connectivity index (χ1n) is 4.22. The van der Waals surface area contributed by atoms with Gasteiger partial charge in [0.05, 0.1) is 0 Å². The van der Waals surface area contributed by atoms with Crippen molar-refractivity contribution in [3.05, 3.63) is 0 Å². The summed E-state index contributed by atoms with van der Waals surface area (Å²) in [5, 5.41) is 12.1. The number of carbonyl (C=O) groups is 1. The van der Waals surface area contributed by atoms with Crippen LogP contribution in [-0.2, 0) is 5.11 Å². The van der Waals surface area contributed by atoms with Gasteiger partial charge in [-0.05, 0) is 6.42 Å². The second kappa shape index (κ2) is 7.38. The molecule has 65 valence electrons. The van der Waals surface area contributed by atoms with Crippen LogP contribution in [0.25, 0.3) is 0 Å². The molecule has 0 saturated heterocycles. The highest BCUT2D eigenvalue weighted by atomic mass is 16.4. The summed E-state index contributed by atoms with van der Waals surface area (Å²) in [5.74, 6) is 0. The Kier molecular flexibility index (Phi) is 6.89. The monoisotopic (exact) mass is 158 g/mol. The summed E-state index contributed by atoms with van der Waals surface area (Å²) >= 11 is 0. The van der Waals surface area contributed by atoms with Crippen molar-refractivity contribution in [2.75, 3.05) is 6.54 Å². The molecule has 0 aliphatic carbocycles. The van der Waals surface area contributed by atoms with E-state index in [2.05, 4.69) is 12.2 Å². The Morgan fingerprint density at radius 1 is 1.18 bits per heavy atom. The Hall–Kier alpha value is -0.730. The molecule has 0 rings (SSSR count). The van der Waals surface area contributed by atoms with Crippen LogP contribution in [0.4, 0.5) is 4.79 Å². The molecule has 0 bridgehead atoms. The lowest BCUT2D eigenvalue weighted by Crippen LogP contribution is -2.20. The van der Waals surface area contributed by atoms with Crippen LogP contribution in [-0.4, -0.2) is 12.6 Å². The second-order valence-electron chi connectivity index (χ2n) is 2.63. The number of hydrogen-bond donors (Lipinski definition) is 1. The molecule has 0 fully saturated rings. The van der Waals surface area contributed by atoms with Crippen molar-refractivity contribution in [2.45, 2.75) is 39.0 Å². The predicted molar refractivity (Wildman–Crippen MR) is 42.8 cm³/mol. The summed E-state index contributed by atoms with van der Waals surface area (Å²) in [4.78, 5) is 9.87. The summed E-state index contributed by atoms with van der Waals surface area (Å²) in [7, 11) is 0. The lowest BCUT2D eigenvalue weighted by molar-refractivity contribution is 0.168. The van der Waals surface area contributed by atoms with Crippen molar-refractivity contribution >= 4 is 6.09 Å². The maximum Gasteiger partial charge on any atom is 0.450 e. The van der Waals surface area contributed by atoms with Gasteiger partial charge in [0.15, 0.2) is 0 Å². The molecule has 0 aliphatic rings. The van der Waals surface area contributed by atoms with Crippen LogP contribution in [0.3, 0.4) is 0 Å². The summed E-state index contributed by atoms with van der Waals surface area (Å²) < 4.78 is 0. The highest BCUT2D eigenvalue weighted by Gasteiger charge is 1.94. The number of hydrogen-bond acceptors (Lipinski definition) is 1. The highest BCUT2D eigenvalue weighted by Crippen LogP contribution is 2.00. The number of rotatable bonds is 6. The van der Waals surface area contributed by atoms with E-state index in [0.29, 0.717) is 6.54 Å². The topological polar surface area (TPSA) is 49.0 Å². The van der Waals surface area contributed by atoms with Gasteiger partial charge in [-0.25, -0.2) is 9.90 Å². The SMILES string of the molecule is CCCCCCCNC([O])=O. The number of amides is 1. The molecule has 0 unspecified atom stereocenters. The minimum absolute atomic E-state index is 0.534. The van der Waals surface area contributed by atoms with Crippen LogP contribution in [0.5, 0.6) is 0 Å². The van der Waals surface area contributed by atoms with Crippen molar-refractivity contribution in [1.82, 2.24) is 5.32 Å². The molecule has 3 heteroatoms. The quantitative estimate of drug-likeness (QED) is 0.591. The molecule has 0 aromatic heterocycles. The van der Waals surface area contributed by atoms with E-state index in [0.717, 1.165) is 12.8 Å². The average Bonchev–Trinajstić information content (AvgIpc) is 1.96. The lowest BCUT2D eigenvalue weighted by atomic mass is 10.1. The van der Waals surface area contributed by atoms with E-state index in [4.69, 9.17) is 0 Å². The molecular weight excluding hydrogens is 142 g/mol. The molecule has 1 amide bonds. The molecule has 1 N–H and O–H groups in total. The third kappa shape index (κ3) is 9.27. The molecule has 1 radical (unpaired) electrons. The Morgan fingerprint density at radius 2 is 1.82 bits per heavy atom. The fourth-order valence-corrected chi connectivity index (χ4v) is 0.919. The van der Waals surface area contributed by atoms with Crippen molar-refractivity contribution in [1.29, 1.82) is 0 Å². The van der Waals surface area contributed by atoms with E-state index in [-0.39, 0.29) is 0 Å². The van der Waals surface area contributed by atoms with E-state index in [1.165, 1.54) is 19.3 Å². The molecule has 0 saturated carbocycles. The van der Waals surface area contributed by atoms with Gasteiger partial charge in [-0.3, -0.25) is 0 Å². The molecule has 0 aromatic carbocycles. The molecule has 3 nitrogen and oxygen atoms in total. The largest absolute Gasteiger partial charge is 0.450 e. The second-order valence-corrected chi connectivity index (χ2v) is 2.63. The maximum atomic E-state index is 9.87. The van der Waals surface area contributed by atoms with Crippen LogP contribution in [0, 0.1) is 0 Å². The number of carbonyl (C=O) groups excluding carboxylic acids is 1. The Labute approximate surface area is 67.8 Å². The van der Waals surface area contributed by atoms with Gasteiger partial charge in [-0.15, -0.1) is 0 Å². The van der Waals surface area contributed by atoms with Gasteiger partial charge in [0, 0.05) is 6.54 Å². The van der Waals surface area contributed by atoms with E-state index < -0.39 is 6.09 Å². The fourth-order valence-electron chi connectivity index (χ4n) is 0.919. The van der Waals surface area contributed by atoms with Crippen molar-refractivity contribution in [2.24, 2.45) is 0 Å². The molecule has 0 atom stereocenters. The summed E-state index contributed by atoms with van der Waals surface area (Å²) in [5.41, 5.74) is 0. The zero-order valence-electron chi connectivity index (χ0n) is 7.06. The lowest BCUT2D eigenvalue weighted by Gasteiger charge is -1.98. The summed E-state index contributed by atoms with van der Waals surface area (Å²) in [6.07, 6.45) is 4.52. The maximum absolute atomic E-state index is 9.87. The van der Waals surface area contributed by atoms with Crippen LogP contribution < -0.4 is 5.32 Å². The normalized spacial score (nSPS) is 9.55. The molecule has 0 aromatic rings. The van der Waals surface area contributed by atoms with Gasteiger partial charge in [-0.2, -0.15) is 0 Å². The van der Waals surface area contributed by atoms with Crippen molar-refractivity contribution in [3.63, 3.8) is 0 Å². The highest BCUT2D eigenvalue weighted by molar-refractivity contribution is 5.63. The minimum atomic E-state index is -1.17. The van der Waals surface area contributed by atoms with E-state index in [1.54, 1.807) is 0 Å². The smallest absolute Gasteiger partial charge is 0.318 e. The Bertz CT molecular complexity index is 104. The number of unbranched alkanes of at least 4 members (excludes halogenated alkanes) is 4. The van der Waals surface area contributed by atoms with Gasteiger partial charge in [0.25, 0.3) is 0 Å². The molecule has 11 heavy (non-hydrogen) atoms. The van der Waals surface area contributed by atoms with E-state index in [1.807, 2.05) is 0 Å². The first-order valence-corrected chi connectivity index (χ1v) is 4.22. The Balaban J connectivity index is 2.85. The van der Waals surface area contributed by atoms with Crippen LogP contribution >= 0.6 is 0 Å². The predicted octanol–water partition coefficient (Wildman–Crippen LogP) is 2.10. The fraction of sp³-hybridized carbons (Fsp3) is 0.875.